The van der Waals surface area contributed by atoms with Gasteiger partial charge in [-0.25, -0.2) is 14.8 Å². The molecule has 4 rings (SSSR count). The van der Waals surface area contributed by atoms with Gasteiger partial charge in [0, 0.05) is 42.9 Å². The molecule has 0 aliphatic rings. The van der Waals surface area contributed by atoms with Gasteiger partial charge >= 0.3 is 6.03 Å². The predicted octanol–water partition coefficient (Wildman–Crippen LogP) is 4.32. The Bertz CT molecular complexity index is 1150. The Hall–Kier alpha value is -3.74. The fourth-order valence-corrected chi connectivity index (χ4v) is 3.55. The van der Waals surface area contributed by atoms with Crippen molar-refractivity contribution in [2.24, 2.45) is 0 Å². The number of fused-ring (bicyclic) bond motifs is 1. The van der Waals surface area contributed by atoms with Gasteiger partial charge in [0.2, 0.25) is 0 Å². The van der Waals surface area contributed by atoms with Crippen LogP contribution in [0.4, 0.5) is 10.5 Å². The first kappa shape index (κ1) is 19.6. The summed E-state index contributed by atoms with van der Waals surface area (Å²) in [6.07, 6.45) is 6.03. The summed E-state index contributed by atoms with van der Waals surface area (Å²) in [7, 11) is 0. The van der Waals surface area contributed by atoms with Crippen LogP contribution in [0.1, 0.15) is 17.5 Å². The Morgan fingerprint density at radius 2 is 1.80 bits per heavy atom. The van der Waals surface area contributed by atoms with Gasteiger partial charge in [0.05, 0.1) is 0 Å². The average molecular weight is 400 g/mol. The van der Waals surface area contributed by atoms with Crippen LogP contribution < -0.4 is 10.6 Å². The van der Waals surface area contributed by atoms with Crippen molar-refractivity contribution >= 4 is 22.9 Å². The smallest absolute Gasteiger partial charge is 0.319 e. The zero-order valence-corrected chi connectivity index (χ0v) is 17.1. The number of nitrogens with one attached hydrogen (secondary N) is 2. The summed E-state index contributed by atoms with van der Waals surface area (Å²) in [4.78, 5) is 25.6. The Labute approximate surface area is 175 Å². The van der Waals surface area contributed by atoms with Crippen LogP contribution in [0.25, 0.3) is 22.6 Å². The maximum atomic E-state index is 12.2. The minimum Gasteiger partial charge on any atom is -0.338 e. The highest BCUT2D eigenvalue weighted by molar-refractivity contribution is 5.89. The van der Waals surface area contributed by atoms with E-state index < -0.39 is 0 Å². The second kappa shape index (κ2) is 8.73. The van der Waals surface area contributed by atoms with Gasteiger partial charge in [0.15, 0.2) is 5.65 Å². The second-order valence-corrected chi connectivity index (χ2v) is 7.28. The number of amides is 2. The van der Waals surface area contributed by atoms with E-state index in [0.717, 1.165) is 45.8 Å². The summed E-state index contributed by atoms with van der Waals surface area (Å²) in [5, 5.41) is 5.82. The van der Waals surface area contributed by atoms with Gasteiger partial charge in [-0.3, -0.25) is 4.98 Å². The summed E-state index contributed by atoms with van der Waals surface area (Å²) in [6, 6.07) is 13.5. The van der Waals surface area contributed by atoms with E-state index in [9.17, 15) is 4.79 Å². The van der Waals surface area contributed by atoms with Gasteiger partial charge < -0.3 is 15.2 Å². The molecule has 0 fully saturated rings. The fraction of sp³-hybridized carbons (Fsp3) is 0.217. The van der Waals surface area contributed by atoms with Crippen LogP contribution in [0.2, 0.25) is 0 Å². The van der Waals surface area contributed by atoms with Crippen LogP contribution in [0.3, 0.4) is 0 Å². The molecular formula is C23H24N6O. The fourth-order valence-electron chi connectivity index (χ4n) is 3.55. The lowest BCUT2D eigenvalue weighted by Crippen LogP contribution is -2.30. The molecule has 1 aromatic carbocycles. The minimum absolute atomic E-state index is 0.206. The first-order valence-electron chi connectivity index (χ1n) is 9.95. The van der Waals surface area contributed by atoms with Crippen molar-refractivity contribution in [3.63, 3.8) is 0 Å². The van der Waals surface area contributed by atoms with Crippen LogP contribution in [0, 0.1) is 13.8 Å². The topological polar surface area (TPSA) is 84.7 Å². The van der Waals surface area contributed by atoms with Crippen LogP contribution in [0.15, 0.2) is 61.1 Å². The first-order valence-corrected chi connectivity index (χ1v) is 9.95. The normalized spacial score (nSPS) is 10.9. The first-order chi connectivity index (χ1) is 14.6. The van der Waals surface area contributed by atoms with E-state index in [1.807, 2.05) is 50.2 Å². The standard InChI is InChI=1S/C23H24N6O/c1-16-13-17(2)15-19(14-16)27-23(30)26-9-4-12-29-21(18-6-10-24-11-7-18)28-20-5-3-8-25-22(20)29/h3,5-8,10-11,13-15H,4,9,12H2,1-2H3,(H2,26,27,30). The van der Waals surface area contributed by atoms with E-state index in [-0.39, 0.29) is 6.03 Å². The van der Waals surface area contributed by atoms with Crippen LogP contribution in [-0.2, 0) is 6.54 Å². The van der Waals surface area contributed by atoms with E-state index in [4.69, 9.17) is 4.98 Å². The molecule has 0 spiro atoms. The lowest BCUT2D eigenvalue weighted by Gasteiger charge is -2.11. The van der Waals surface area contributed by atoms with Gasteiger partial charge in [0.25, 0.3) is 0 Å². The predicted molar refractivity (Wildman–Crippen MR) is 118 cm³/mol. The quantitative estimate of drug-likeness (QED) is 0.472. The molecule has 0 saturated heterocycles. The van der Waals surface area contributed by atoms with Gasteiger partial charge in [-0.1, -0.05) is 6.07 Å². The molecule has 0 unspecified atom stereocenters. The molecule has 0 aliphatic heterocycles. The number of imidazole rings is 1. The van der Waals surface area contributed by atoms with Gasteiger partial charge in [-0.15, -0.1) is 0 Å². The average Bonchev–Trinajstić information content (AvgIpc) is 3.10. The number of aromatic nitrogens is 4. The van der Waals surface area contributed by atoms with E-state index in [0.29, 0.717) is 13.1 Å². The number of benzene rings is 1. The molecule has 152 valence electrons. The zero-order valence-electron chi connectivity index (χ0n) is 17.1. The highest BCUT2D eigenvalue weighted by Crippen LogP contribution is 2.23. The van der Waals surface area contributed by atoms with Crippen molar-refractivity contribution < 1.29 is 4.79 Å². The number of carbonyl (C=O) groups excluding carboxylic acids is 1. The number of carbonyl (C=O) groups is 1. The highest BCUT2D eigenvalue weighted by atomic mass is 16.2. The molecule has 4 aromatic rings. The molecule has 3 heterocycles. The molecule has 30 heavy (non-hydrogen) atoms. The summed E-state index contributed by atoms with van der Waals surface area (Å²) >= 11 is 0. The van der Waals surface area contributed by atoms with E-state index in [2.05, 4.69) is 31.2 Å². The van der Waals surface area contributed by atoms with Crippen molar-refractivity contribution in [2.45, 2.75) is 26.8 Å². The number of rotatable bonds is 6. The maximum Gasteiger partial charge on any atom is 0.319 e. The summed E-state index contributed by atoms with van der Waals surface area (Å²) in [6.45, 7) is 5.26. The van der Waals surface area contributed by atoms with Crippen molar-refractivity contribution in [1.29, 1.82) is 0 Å². The number of anilines is 1. The lowest BCUT2D eigenvalue weighted by molar-refractivity contribution is 0.252. The van der Waals surface area contributed by atoms with E-state index in [1.165, 1.54) is 0 Å². The third-order valence-electron chi connectivity index (χ3n) is 4.77. The number of hydrogen-bond donors (Lipinski definition) is 2. The molecule has 3 aromatic heterocycles. The Morgan fingerprint density at radius 3 is 2.57 bits per heavy atom. The Balaban J connectivity index is 1.41. The molecular weight excluding hydrogens is 376 g/mol. The molecule has 0 atom stereocenters. The minimum atomic E-state index is -0.206. The van der Waals surface area contributed by atoms with Crippen LogP contribution in [0.5, 0.6) is 0 Å². The number of urea groups is 1. The molecule has 0 saturated carbocycles. The Morgan fingerprint density at radius 1 is 1.03 bits per heavy atom. The maximum absolute atomic E-state index is 12.2. The molecule has 2 N–H and O–H groups in total. The number of pyridine rings is 2. The van der Waals surface area contributed by atoms with Crippen molar-refractivity contribution in [1.82, 2.24) is 24.8 Å². The largest absolute Gasteiger partial charge is 0.338 e. The molecule has 0 aliphatic carbocycles. The molecule has 0 radical (unpaired) electrons. The van der Waals surface area contributed by atoms with E-state index >= 15 is 0 Å². The Kier molecular flexibility index (Phi) is 5.70. The molecule has 7 nitrogen and oxygen atoms in total. The van der Waals surface area contributed by atoms with Crippen molar-refractivity contribution in [3.05, 3.63) is 72.2 Å². The van der Waals surface area contributed by atoms with Crippen LogP contribution in [-0.4, -0.2) is 32.1 Å². The molecule has 0 bridgehead atoms. The SMILES string of the molecule is Cc1cc(C)cc(NC(=O)NCCCn2c(-c3ccncc3)nc3cccnc32)c1. The lowest BCUT2D eigenvalue weighted by atomic mass is 10.1. The van der Waals surface area contributed by atoms with Gasteiger partial charge in [-0.2, -0.15) is 0 Å². The number of nitrogens with zero attached hydrogens (tertiary/aromatic N) is 4. The molecule has 7 heteroatoms. The third-order valence-corrected chi connectivity index (χ3v) is 4.77. The van der Waals surface area contributed by atoms with Gasteiger partial charge in [0.1, 0.15) is 11.3 Å². The molecule has 2 amide bonds. The summed E-state index contributed by atoms with van der Waals surface area (Å²) in [5.41, 5.74) is 5.72. The summed E-state index contributed by atoms with van der Waals surface area (Å²) < 4.78 is 2.09. The van der Waals surface area contributed by atoms with Crippen molar-refractivity contribution in [2.75, 3.05) is 11.9 Å². The number of hydrogen-bond acceptors (Lipinski definition) is 4. The van der Waals surface area contributed by atoms with Crippen molar-refractivity contribution in [3.8, 4) is 11.4 Å². The van der Waals surface area contributed by atoms with Gasteiger partial charge in [-0.05, 0) is 67.8 Å². The van der Waals surface area contributed by atoms with Crippen LogP contribution >= 0.6 is 0 Å². The number of aryl methyl sites for hydroxylation is 3. The highest BCUT2D eigenvalue weighted by Gasteiger charge is 2.13. The van der Waals surface area contributed by atoms with E-state index in [1.54, 1.807) is 18.6 Å². The summed E-state index contributed by atoms with van der Waals surface area (Å²) in [5.74, 6) is 0.853. The third kappa shape index (κ3) is 4.46. The monoisotopic (exact) mass is 400 g/mol. The second-order valence-electron chi connectivity index (χ2n) is 7.28. The zero-order chi connectivity index (χ0) is 20.9.